The number of carbonyl (C=O) groups excluding carboxylic acids is 1. The Morgan fingerprint density at radius 1 is 1.34 bits per heavy atom. The van der Waals surface area contributed by atoms with Gasteiger partial charge in [0, 0.05) is 23.7 Å². The first-order chi connectivity index (χ1) is 14.0. The first kappa shape index (κ1) is 19.8. The summed E-state index contributed by atoms with van der Waals surface area (Å²) < 4.78 is 13.4. The fourth-order valence-corrected chi connectivity index (χ4v) is 5.10. The lowest BCUT2D eigenvalue weighted by Crippen LogP contribution is -2.39. The molecule has 1 aliphatic carbocycles. The van der Waals surface area contributed by atoms with Gasteiger partial charge in [-0.3, -0.25) is 0 Å². The van der Waals surface area contributed by atoms with Gasteiger partial charge in [0.1, 0.15) is 22.8 Å². The number of hydrogen-bond acceptors (Lipinski definition) is 5. The number of amides is 2. The number of rotatable bonds is 5. The Kier molecular flexibility index (Phi) is 5.82. The van der Waals surface area contributed by atoms with Crippen LogP contribution in [-0.2, 0) is 12.8 Å². The second kappa shape index (κ2) is 8.51. The van der Waals surface area contributed by atoms with E-state index in [1.807, 2.05) is 6.92 Å². The molecular weight excluding hydrogens is 413 g/mol. The van der Waals surface area contributed by atoms with E-state index in [2.05, 4.69) is 25.9 Å². The SMILES string of the molecule is CCNC(=O)NCC1CCc2c(sc3ncnc(Nc4ccc(F)c(Cl)c4)c23)C1. The lowest BCUT2D eigenvalue weighted by Gasteiger charge is -2.22. The van der Waals surface area contributed by atoms with Crippen molar-refractivity contribution in [2.24, 2.45) is 5.92 Å². The highest BCUT2D eigenvalue weighted by Gasteiger charge is 2.25. The molecule has 2 aromatic heterocycles. The predicted octanol–water partition coefficient (Wildman–Crippen LogP) is 4.65. The molecule has 0 bridgehead atoms. The zero-order chi connectivity index (χ0) is 20.4. The predicted molar refractivity (Wildman–Crippen MR) is 115 cm³/mol. The molecule has 2 heterocycles. The summed E-state index contributed by atoms with van der Waals surface area (Å²) in [5.74, 6) is 0.651. The average Bonchev–Trinajstić information content (AvgIpc) is 3.08. The number of fused-ring (bicyclic) bond motifs is 3. The Morgan fingerprint density at radius 2 is 2.21 bits per heavy atom. The molecule has 1 atom stereocenters. The number of nitrogens with zero attached hydrogens (tertiary/aromatic N) is 2. The summed E-state index contributed by atoms with van der Waals surface area (Å²) in [5, 5.41) is 10.0. The molecule has 1 aromatic carbocycles. The van der Waals surface area contributed by atoms with Gasteiger partial charge in [-0.1, -0.05) is 11.6 Å². The quantitative estimate of drug-likeness (QED) is 0.547. The second-order valence-corrected chi connectivity index (χ2v) is 8.50. The fourth-order valence-electron chi connectivity index (χ4n) is 3.62. The third-order valence-electron chi connectivity index (χ3n) is 5.02. The summed E-state index contributed by atoms with van der Waals surface area (Å²) in [6.07, 6.45) is 4.34. The summed E-state index contributed by atoms with van der Waals surface area (Å²) in [5.41, 5.74) is 1.94. The summed E-state index contributed by atoms with van der Waals surface area (Å²) >= 11 is 7.57. The number of aromatic nitrogens is 2. The van der Waals surface area contributed by atoms with E-state index >= 15 is 0 Å². The number of aryl methyl sites for hydroxylation is 1. The smallest absolute Gasteiger partial charge is 0.314 e. The van der Waals surface area contributed by atoms with Crippen LogP contribution in [0.3, 0.4) is 0 Å². The van der Waals surface area contributed by atoms with E-state index in [0.29, 0.717) is 30.5 Å². The van der Waals surface area contributed by atoms with Crippen LogP contribution in [0.15, 0.2) is 24.5 Å². The fraction of sp³-hybridized carbons (Fsp3) is 0.350. The van der Waals surface area contributed by atoms with Crippen molar-refractivity contribution in [3.05, 3.63) is 45.8 Å². The van der Waals surface area contributed by atoms with Crippen molar-refractivity contribution in [3.63, 3.8) is 0 Å². The van der Waals surface area contributed by atoms with Crippen LogP contribution in [0.25, 0.3) is 10.2 Å². The minimum atomic E-state index is -0.453. The number of anilines is 2. The molecular formula is C20H21ClFN5OS. The van der Waals surface area contributed by atoms with Crippen LogP contribution in [0.2, 0.25) is 5.02 Å². The van der Waals surface area contributed by atoms with Crippen molar-refractivity contribution in [1.82, 2.24) is 20.6 Å². The summed E-state index contributed by atoms with van der Waals surface area (Å²) in [7, 11) is 0. The van der Waals surface area contributed by atoms with Crippen LogP contribution in [0.1, 0.15) is 23.8 Å². The van der Waals surface area contributed by atoms with Gasteiger partial charge in [0.05, 0.1) is 10.4 Å². The van der Waals surface area contributed by atoms with E-state index in [9.17, 15) is 9.18 Å². The molecule has 1 aliphatic rings. The van der Waals surface area contributed by atoms with Gasteiger partial charge in [-0.05, 0) is 55.9 Å². The van der Waals surface area contributed by atoms with E-state index in [1.165, 1.54) is 22.8 Å². The van der Waals surface area contributed by atoms with Crippen LogP contribution in [-0.4, -0.2) is 29.1 Å². The normalized spacial score (nSPS) is 15.8. The van der Waals surface area contributed by atoms with Crippen LogP contribution in [0.5, 0.6) is 0 Å². The minimum absolute atomic E-state index is 0.0649. The molecule has 29 heavy (non-hydrogen) atoms. The zero-order valence-corrected chi connectivity index (χ0v) is 17.5. The van der Waals surface area contributed by atoms with E-state index in [-0.39, 0.29) is 11.1 Å². The van der Waals surface area contributed by atoms with E-state index in [4.69, 9.17) is 11.6 Å². The number of carbonyl (C=O) groups is 1. The Bertz CT molecular complexity index is 1060. The van der Waals surface area contributed by atoms with Crippen molar-refractivity contribution in [3.8, 4) is 0 Å². The van der Waals surface area contributed by atoms with Gasteiger partial charge < -0.3 is 16.0 Å². The van der Waals surface area contributed by atoms with E-state index in [1.54, 1.807) is 23.5 Å². The highest BCUT2D eigenvalue weighted by molar-refractivity contribution is 7.19. The number of urea groups is 1. The van der Waals surface area contributed by atoms with Gasteiger partial charge in [-0.2, -0.15) is 0 Å². The first-order valence-electron chi connectivity index (χ1n) is 9.54. The maximum Gasteiger partial charge on any atom is 0.314 e. The Labute approximate surface area is 176 Å². The second-order valence-electron chi connectivity index (χ2n) is 7.01. The standard InChI is InChI=1S/C20H21ClFN5OS/c1-2-23-20(28)24-9-11-3-5-13-16(7-11)29-19-17(13)18(25-10-26-19)27-12-4-6-15(22)14(21)8-12/h4,6,8,10-11H,2-3,5,7,9H2,1H3,(H2,23,24,28)(H,25,26,27). The third-order valence-corrected chi connectivity index (χ3v) is 6.47. The molecule has 2 amide bonds. The van der Waals surface area contributed by atoms with Gasteiger partial charge in [0.2, 0.25) is 0 Å². The average molecular weight is 434 g/mol. The number of benzene rings is 1. The van der Waals surface area contributed by atoms with Crippen molar-refractivity contribution in [2.45, 2.75) is 26.2 Å². The number of thiophene rings is 1. The molecule has 0 saturated heterocycles. The van der Waals surface area contributed by atoms with Gasteiger partial charge in [-0.15, -0.1) is 11.3 Å². The lowest BCUT2D eigenvalue weighted by molar-refractivity contribution is 0.238. The van der Waals surface area contributed by atoms with Crippen molar-refractivity contribution < 1.29 is 9.18 Å². The topological polar surface area (TPSA) is 78.9 Å². The van der Waals surface area contributed by atoms with E-state index in [0.717, 1.165) is 29.5 Å². The van der Waals surface area contributed by atoms with Crippen molar-refractivity contribution in [2.75, 3.05) is 18.4 Å². The molecule has 3 N–H and O–H groups in total. The third kappa shape index (κ3) is 4.28. The zero-order valence-electron chi connectivity index (χ0n) is 15.9. The molecule has 4 rings (SSSR count). The molecule has 0 spiro atoms. The molecule has 1 unspecified atom stereocenters. The van der Waals surface area contributed by atoms with E-state index < -0.39 is 5.82 Å². The molecule has 0 aliphatic heterocycles. The highest BCUT2D eigenvalue weighted by atomic mass is 35.5. The molecule has 152 valence electrons. The molecule has 0 fully saturated rings. The molecule has 6 nitrogen and oxygen atoms in total. The molecule has 3 aromatic rings. The van der Waals surface area contributed by atoms with Crippen molar-refractivity contribution >= 4 is 50.7 Å². The summed E-state index contributed by atoms with van der Waals surface area (Å²) in [6, 6.07) is 4.40. The number of hydrogen-bond donors (Lipinski definition) is 3. The monoisotopic (exact) mass is 433 g/mol. The highest BCUT2D eigenvalue weighted by Crippen LogP contribution is 2.40. The minimum Gasteiger partial charge on any atom is -0.340 e. The van der Waals surface area contributed by atoms with Crippen LogP contribution >= 0.6 is 22.9 Å². The maximum absolute atomic E-state index is 13.4. The first-order valence-corrected chi connectivity index (χ1v) is 10.7. The molecule has 0 saturated carbocycles. The van der Waals surface area contributed by atoms with Gasteiger partial charge in [-0.25, -0.2) is 19.2 Å². The van der Waals surface area contributed by atoms with Crippen molar-refractivity contribution in [1.29, 1.82) is 0 Å². The van der Waals surface area contributed by atoms with Gasteiger partial charge in [0.15, 0.2) is 0 Å². The van der Waals surface area contributed by atoms with Gasteiger partial charge >= 0.3 is 6.03 Å². The van der Waals surface area contributed by atoms with Crippen LogP contribution in [0.4, 0.5) is 20.7 Å². The van der Waals surface area contributed by atoms with Crippen LogP contribution < -0.4 is 16.0 Å². The summed E-state index contributed by atoms with van der Waals surface area (Å²) in [4.78, 5) is 22.7. The number of halogens is 2. The summed E-state index contributed by atoms with van der Waals surface area (Å²) in [6.45, 7) is 3.17. The maximum atomic E-state index is 13.4. The largest absolute Gasteiger partial charge is 0.340 e. The Balaban J connectivity index is 1.56. The van der Waals surface area contributed by atoms with Crippen LogP contribution in [0, 0.1) is 11.7 Å². The van der Waals surface area contributed by atoms with Gasteiger partial charge in [0.25, 0.3) is 0 Å². The lowest BCUT2D eigenvalue weighted by atomic mass is 9.88. The molecule has 9 heteroatoms. The number of nitrogens with one attached hydrogen (secondary N) is 3. The molecule has 0 radical (unpaired) electrons. The Hall–Kier alpha value is -2.45. The Morgan fingerprint density at radius 3 is 3.00 bits per heavy atom.